The molecule has 1 aromatic heterocycles. The molecule has 3 aromatic rings. The average molecular weight is 466 g/mol. The highest BCUT2D eigenvalue weighted by Crippen LogP contribution is 2.32. The van der Waals surface area contributed by atoms with E-state index in [1.165, 1.54) is 0 Å². The van der Waals surface area contributed by atoms with E-state index in [0.717, 1.165) is 20.7 Å². The van der Waals surface area contributed by atoms with Gasteiger partial charge in [-0.15, -0.1) is 0 Å². The molecule has 0 saturated heterocycles. The van der Waals surface area contributed by atoms with E-state index in [2.05, 4.69) is 10.3 Å². The van der Waals surface area contributed by atoms with Gasteiger partial charge in [-0.05, 0) is 54.8 Å². The van der Waals surface area contributed by atoms with E-state index in [1.807, 2.05) is 19.1 Å². The van der Waals surface area contributed by atoms with Crippen molar-refractivity contribution in [2.24, 2.45) is 4.99 Å². The molecule has 0 unspecified atom stereocenters. The number of nitrogens with one attached hydrogen (secondary N) is 1. The monoisotopic (exact) mass is 465 g/mol. The van der Waals surface area contributed by atoms with Crippen molar-refractivity contribution < 1.29 is 13.2 Å². The number of hydrogen-bond donors (Lipinski definition) is 1. The molecule has 0 saturated carbocycles. The van der Waals surface area contributed by atoms with Crippen molar-refractivity contribution in [2.45, 2.75) is 24.8 Å². The second kappa shape index (κ2) is 7.76. The molecular weight excluding hydrogens is 446 g/mol. The Morgan fingerprint density at radius 3 is 2.53 bits per heavy atom. The van der Waals surface area contributed by atoms with Gasteiger partial charge in [-0.3, -0.25) is 9.79 Å². The first kappa shape index (κ1) is 20.7. The van der Waals surface area contributed by atoms with E-state index < -0.39 is 10.0 Å². The zero-order valence-corrected chi connectivity index (χ0v) is 18.9. The van der Waals surface area contributed by atoms with Crippen LogP contribution in [0.3, 0.4) is 0 Å². The molecule has 8 heteroatoms. The SMILES string of the molecule is Cc1ccc(S(=O)(=O)n2cc3c4c2C(=O)C(NCc2ccc(Cl)cc2)=CC4=NCC3)cc1. The summed E-state index contributed by atoms with van der Waals surface area (Å²) in [7, 11) is -3.94. The molecule has 2 aliphatic rings. The number of nitrogens with zero attached hydrogens (tertiary/aromatic N) is 2. The van der Waals surface area contributed by atoms with Crippen LogP contribution in [0.1, 0.15) is 32.7 Å². The van der Waals surface area contributed by atoms with Crippen LogP contribution in [0.2, 0.25) is 5.02 Å². The summed E-state index contributed by atoms with van der Waals surface area (Å²) in [4.78, 5) is 18.1. The van der Waals surface area contributed by atoms with Gasteiger partial charge >= 0.3 is 0 Å². The minimum atomic E-state index is -3.94. The summed E-state index contributed by atoms with van der Waals surface area (Å²) in [6.07, 6.45) is 3.88. The van der Waals surface area contributed by atoms with E-state index in [-0.39, 0.29) is 16.4 Å². The highest BCUT2D eigenvalue weighted by molar-refractivity contribution is 7.90. The molecule has 0 fully saturated rings. The van der Waals surface area contributed by atoms with Crippen molar-refractivity contribution in [1.29, 1.82) is 0 Å². The molecule has 6 nitrogen and oxygen atoms in total. The first-order chi connectivity index (χ1) is 15.3. The fourth-order valence-corrected chi connectivity index (χ4v) is 5.50. The topological polar surface area (TPSA) is 80.5 Å². The number of carbonyl (C=O) groups is 1. The van der Waals surface area contributed by atoms with E-state index >= 15 is 0 Å². The van der Waals surface area contributed by atoms with E-state index in [1.54, 1.807) is 48.7 Å². The van der Waals surface area contributed by atoms with Gasteiger partial charge in [-0.2, -0.15) is 0 Å². The average Bonchev–Trinajstić information content (AvgIpc) is 3.19. The van der Waals surface area contributed by atoms with Gasteiger partial charge in [0.2, 0.25) is 5.78 Å². The zero-order valence-electron chi connectivity index (χ0n) is 17.3. The Balaban J connectivity index is 1.55. The lowest BCUT2D eigenvalue weighted by molar-refractivity contribution is 0.102. The Morgan fingerprint density at radius 2 is 1.81 bits per heavy atom. The molecule has 162 valence electrons. The highest BCUT2D eigenvalue weighted by atomic mass is 35.5. The number of carbonyl (C=O) groups excluding carboxylic acids is 1. The number of benzene rings is 2. The standard InChI is InChI=1S/C24H20ClN3O3S/c1-15-2-8-19(9-3-15)32(30,31)28-14-17-10-11-26-20-12-21(24(29)23(28)22(17)20)27-13-16-4-6-18(25)7-5-16/h2-9,12,14,27H,10-11,13H2,1H3. The Labute approximate surface area is 191 Å². The molecule has 32 heavy (non-hydrogen) atoms. The number of aryl methyl sites for hydroxylation is 1. The smallest absolute Gasteiger partial charge is 0.268 e. The number of aliphatic imine (C=N–C) groups is 1. The van der Waals surface area contributed by atoms with Crippen LogP contribution in [0.4, 0.5) is 0 Å². The van der Waals surface area contributed by atoms with Gasteiger partial charge in [0.1, 0.15) is 5.69 Å². The third kappa shape index (κ3) is 3.47. The molecule has 1 aliphatic carbocycles. The van der Waals surface area contributed by atoms with Crippen molar-refractivity contribution in [3.8, 4) is 0 Å². The van der Waals surface area contributed by atoms with Gasteiger partial charge in [0.15, 0.2) is 0 Å². The number of Topliss-reactive ketones (excluding diaryl/α,β-unsaturated/α-hetero) is 1. The molecule has 5 rings (SSSR count). The van der Waals surface area contributed by atoms with Crippen LogP contribution >= 0.6 is 11.6 Å². The quantitative estimate of drug-likeness (QED) is 0.619. The first-order valence-electron chi connectivity index (χ1n) is 10.2. The van der Waals surface area contributed by atoms with E-state index in [4.69, 9.17) is 11.6 Å². The molecule has 2 heterocycles. The molecule has 0 atom stereocenters. The number of allylic oxidation sites excluding steroid dienone is 2. The van der Waals surface area contributed by atoms with Crippen molar-refractivity contribution >= 4 is 33.1 Å². The maximum absolute atomic E-state index is 13.5. The zero-order chi connectivity index (χ0) is 22.5. The van der Waals surface area contributed by atoms with Crippen LogP contribution in [0.15, 0.2) is 76.4 Å². The highest BCUT2D eigenvalue weighted by Gasteiger charge is 2.36. The van der Waals surface area contributed by atoms with Crippen LogP contribution in [-0.2, 0) is 23.0 Å². The molecule has 1 N–H and O–H groups in total. The first-order valence-corrected chi connectivity index (χ1v) is 12.0. The summed E-state index contributed by atoms with van der Waals surface area (Å²) in [5.41, 5.74) is 4.44. The molecule has 2 aromatic carbocycles. The van der Waals surface area contributed by atoms with Crippen LogP contribution in [-0.4, -0.2) is 30.4 Å². The van der Waals surface area contributed by atoms with Crippen LogP contribution in [0.25, 0.3) is 0 Å². The molecule has 0 amide bonds. The number of aromatic nitrogens is 1. The van der Waals surface area contributed by atoms with Crippen molar-refractivity contribution in [1.82, 2.24) is 9.29 Å². The van der Waals surface area contributed by atoms with Gasteiger partial charge in [-0.25, -0.2) is 12.4 Å². The Hall–Kier alpha value is -3.16. The summed E-state index contributed by atoms with van der Waals surface area (Å²) in [5, 5.41) is 3.78. The van der Waals surface area contributed by atoms with Crippen LogP contribution in [0.5, 0.6) is 0 Å². The second-order valence-electron chi connectivity index (χ2n) is 7.88. The molecule has 0 radical (unpaired) electrons. The fraction of sp³-hybridized carbons (Fsp3) is 0.167. The predicted molar refractivity (Wildman–Crippen MR) is 124 cm³/mol. The van der Waals surface area contributed by atoms with Crippen molar-refractivity contribution in [3.63, 3.8) is 0 Å². The summed E-state index contributed by atoms with van der Waals surface area (Å²) in [6.45, 7) is 2.84. The van der Waals surface area contributed by atoms with E-state index in [0.29, 0.717) is 41.5 Å². The van der Waals surface area contributed by atoms with Gasteiger partial charge in [0.25, 0.3) is 10.0 Å². The summed E-state index contributed by atoms with van der Waals surface area (Å²) in [5.74, 6) is -0.364. The van der Waals surface area contributed by atoms with Gasteiger partial charge in [0.05, 0.1) is 16.3 Å². The summed E-state index contributed by atoms with van der Waals surface area (Å²) < 4.78 is 28.0. The number of rotatable bonds is 5. The third-order valence-electron chi connectivity index (χ3n) is 5.69. The molecule has 0 spiro atoms. The lowest BCUT2D eigenvalue weighted by atomic mass is 9.92. The van der Waals surface area contributed by atoms with Crippen molar-refractivity contribution in [2.75, 3.05) is 6.54 Å². The lowest BCUT2D eigenvalue weighted by Gasteiger charge is -2.21. The van der Waals surface area contributed by atoms with Gasteiger partial charge in [-0.1, -0.05) is 41.4 Å². The Bertz CT molecular complexity index is 1400. The van der Waals surface area contributed by atoms with Gasteiger partial charge < -0.3 is 5.32 Å². The maximum Gasteiger partial charge on any atom is 0.268 e. The maximum atomic E-state index is 13.5. The fourth-order valence-electron chi connectivity index (χ4n) is 3.99. The van der Waals surface area contributed by atoms with Crippen LogP contribution in [0, 0.1) is 6.92 Å². The van der Waals surface area contributed by atoms with Crippen molar-refractivity contribution in [3.05, 3.63) is 99.5 Å². The summed E-state index contributed by atoms with van der Waals surface area (Å²) in [6, 6.07) is 13.9. The Morgan fingerprint density at radius 1 is 1.09 bits per heavy atom. The van der Waals surface area contributed by atoms with Gasteiger partial charge in [0, 0.05) is 29.9 Å². The molecule has 1 aliphatic heterocycles. The van der Waals surface area contributed by atoms with Crippen LogP contribution < -0.4 is 5.32 Å². The Kier molecular flexibility index (Phi) is 5.03. The minimum absolute atomic E-state index is 0.139. The number of ketones is 1. The van der Waals surface area contributed by atoms with E-state index in [9.17, 15) is 13.2 Å². The normalized spacial score (nSPS) is 15.1. The molecular formula is C24H20ClN3O3S. The predicted octanol–water partition coefficient (Wildman–Crippen LogP) is 3.90. The number of halogens is 1. The summed E-state index contributed by atoms with van der Waals surface area (Å²) >= 11 is 5.94. The lowest BCUT2D eigenvalue weighted by Crippen LogP contribution is -2.30. The third-order valence-corrected chi connectivity index (χ3v) is 7.61. The minimum Gasteiger partial charge on any atom is -0.378 e. The largest absolute Gasteiger partial charge is 0.378 e. The second-order valence-corrected chi connectivity index (χ2v) is 10.1. The molecule has 0 bridgehead atoms. The number of hydrogen-bond acceptors (Lipinski definition) is 5.